The van der Waals surface area contributed by atoms with E-state index in [0.717, 1.165) is 18.3 Å². The van der Waals surface area contributed by atoms with Gasteiger partial charge in [-0.3, -0.25) is 10.2 Å². The molecule has 0 unspecified atom stereocenters. The van der Waals surface area contributed by atoms with Crippen molar-refractivity contribution in [3.63, 3.8) is 0 Å². The van der Waals surface area contributed by atoms with Crippen LogP contribution in [0.4, 0.5) is 0 Å². The molecule has 1 aromatic carbocycles. The Morgan fingerprint density at radius 1 is 1.10 bits per heavy atom. The van der Waals surface area contributed by atoms with Gasteiger partial charge in [0.25, 0.3) is 0 Å². The van der Waals surface area contributed by atoms with Gasteiger partial charge in [-0.2, -0.15) is 0 Å². The summed E-state index contributed by atoms with van der Waals surface area (Å²) < 4.78 is 12.2. The SMILES string of the molecule is Cc1c(B2OC(C)(C)C(C)(C)O2)cccc1C(=O)ONNC(=O)CCCC(C)(C)C. The zero-order valence-corrected chi connectivity index (χ0v) is 19.5. The van der Waals surface area contributed by atoms with Crippen molar-refractivity contribution < 1.29 is 23.7 Å². The maximum absolute atomic E-state index is 12.5. The van der Waals surface area contributed by atoms with E-state index in [1.165, 1.54) is 0 Å². The van der Waals surface area contributed by atoms with Crippen LogP contribution in [-0.4, -0.2) is 30.2 Å². The van der Waals surface area contributed by atoms with Gasteiger partial charge in [-0.05, 0) is 70.0 Å². The summed E-state index contributed by atoms with van der Waals surface area (Å²) >= 11 is 0. The Morgan fingerprint density at radius 3 is 2.27 bits per heavy atom. The van der Waals surface area contributed by atoms with Crippen LogP contribution in [0.3, 0.4) is 0 Å². The lowest BCUT2D eigenvalue weighted by molar-refractivity contribution is -0.125. The van der Waals surface area contributed by atoms with E-state index >= 15 is 0 Å². The molecule has 0 spiro atoms. The summed E-state index contributed by atoms with van der Waals surface area (Å²) in [7, 11) is -0.571. The molecule has 7 nitrogen and oxygen atoms in total. The molecular formula is C22H35BN2O5. The standard InChI is InChI=1S/C22H35BN2O5/c1-15-16(19(27)28-25-24-18(26)13-10-14-20(2,3)4)11-9-12-17(15)23-29-21(5,6)22(7,8)30-23/h9,11-12,25H,10,13-14H2,1-8H3,(H,24,26). The zero-order valence-electron chi connectivity index (χ0n) is 19.5. The maximum atomic E-state index is 12.5. The average Bonchev–Trinajstić information content (AvgIpc) is 2.81. The first kappa shape index (κ1) is 24.4. The van der Waals surface area contributed by atoms with E-state index in [0.29, 0.717) is 17.5 Å². The van der Waals surface area contributed by atoms with Gasteiger partial charge in [-0.15, -0.1) is 0 Å². The number of carbonyl (C=O) groups excluding carboxylic acids is 2. The fourth-order valence-corrected chi connectivity index (χ4v) is 3.13. The molecular weight excluding hydrogens is 383 g/mol. The van der Waals surface area contributed by atoms with Gasteiger partial charge < -0.3 is 14.1 Å². The number of benzene rings is 1. The summed E-state index contributed by atoms with van der Waals surface area (Å²) in [6.07, 6.45) is 2.06. The number of hydrogen-bond donors (Lipinski definition) is 2. The molecule has 30 heavy (non-hydrogen) atoms. The number of carbonyl (C=O) groups is 2. The number of amides is 1. The van der Waals surface area contributed by atoms with Crippen molar-refractivity contribution in [2.75, 3.05) is 0 Å². The summed E-state index contributed by atoms with van der Waals surface area (Å²) in [5.41, 5.74) is 5.75. The van der Waals surface area contributed by atoms with Gasteiger partial charge >= 0.3 is 13.1 Å². The van der Waals surface area contributed by atoms with Crippen LogP contribution in [0.25, 0.3) is 0 Å². The molecule has 0 atom stereocenters. The Bertz CT molecular complexity index is 770. The summed E-state index contributed by atoms with van der Waals surface area (Å²) in [6, 6.07) is 5.30. The fraction of sp³-hybridized carbons (Fsp3) is 0.636. The van der Waals surface area contributed by atoms with Crippen LogP contribution in [-0.2, 0) is 18.9 Å². The second-order valence-electron chi connectivity index (χ2n) is 10.1. The highest BCUT2D eigenvalue weighted by molar-refractivity contribution is 6.62. The van der Waals surface area contributed by atoms with Crippen molar-refractivity contribution in [2.45, 2.75) is 85.9 Å². The first-order valence-electron chi connectivity index (χ1n) is 10.4. The van der Waals surface area contributed by atoms with Gasteiger partial charge in [0.15, 0.2) is 0 Å². The molecule has 1 fully saturated rings. The predicted octanol–water partition coefficient (Wildman–Crippen LogP) is 3.20. The first-order chi connectivity index (χ1) is 13.7. The van der Waals surface area contributed by atoms with E-state index in [9.17, 15) is 9.59 Å². The van der Waals surface area contributed by atoms with Crippen LogP contribution >= 0.6 is 0 Å². The molecule has 1 aromatic rings. The fourth-order valence-electron chi connectivity index (χ4n) is 3.13. The van der Waals surface area contributed by atoms with E-state index in [-0.39, 0.29) is 11.3 Å². The Labute approximate surface area is 180 Å². The van der Waals surface area contributed by atoms with Gasteiger partial charge in [0, 0.05) is 6.42 Å². The molecule has 1 heterocycles. The molecule has 2 N–H and O–H groups in total. The molecule has 0 radical (unpaired) electrons. The van der Waals surface area contributed by atoms with Gasteiger partial charge in [0.05, 0.1) is 16.8 Å². The van der Waals surface area contributed by atoms with Gasteiger partial charge in [-0.1, -0.05) is 38.5 Å². The minimum Gasteiger partial charge on any atom is -0.399 e. The van der Waals surface area contributed by atoms with E-state index in [2.05, 4.69) is 31.8 Å². The number of nitrogens with one attached hydrogen (secondary N) is 2. The quantitative estimate of drug-likeness (QED) is 0.523. The molecule has 2 rings (SSSR count). The normalized spacial score (nSPS) is 17.7. The van der Waals surface area contributed by atoms with Crippen LogP contribution in [0.2, 0.25) is 0 Å². The molecule has 0 aliphatic carbocycles. The minimum absolute atomic E-state index is 0.180. The molecule has 0 aromatic heterocycles. The van der Waals surface area contributed by atoms with Crippen molar-refractivity contribution in [2.24, 2.45) is 5.41 Å². The van der Waals surface area contributed by atoms with Crippen molar-refractivity contribution in [3.8, 4) is 0 Å². The lowest BCUT2D eigenvalue weighted by Gasteiger charge is -2.32. The largest absolute Gasteiger partial charge is 0.495 e. The molecule has 166 valence electrons. The molecule has 8 heteroatoms. The van der Waals surface area contributed by atoms with Gasteiger partial charge in [-0.25, -0.2) is 4.79 Å². The minimum atomic E-state index is -0.596. The Morgan fingerprint density at radius 2 is 1.70 bits per heavy atom. The molecule has 1 aliphatic rings. The molecule has 1 amide bonds. The highest BCUT2D eigenvalue weighted by Crippen LogP contribution is 2.36. The van der Waals surface area contributed by atoms with Crippen LogP contribution in [0.15, 0.2) is 18.2 Å². The van der Waals surface area contributed by atoms with Crippen LogP contribution in [0.1, 0.15) is 83.7 Å². The molecule has 0 saturated carbocycles. The topological polar surface area (TPSA) is 85.9 Å². The lowest BCUT2D eigenvalue weighted by Crippen LogP contribution is -2.41. The van der Waals surface area contributed by atoms with Crippen LogP contribution in [0.5, 0.6) is 0 Å². The summed E-state index contributed by atoms with van der Waals surface area (Å²) in [6.45, 7) is 16.1. The van der Waals surface area contributed by atoms with Crippen molar-refractivity contribution >= 4 is 24.5 Å². The second-order valence-corrected chi connectivity index (χ2v) is 10.1. The zero-order chi connectivity index (χ0) is 22.7. The monoisotopic (exact) mass is 418 g/mol. The average molecular weight is 418 g/mol. The molecule has 1 saturated heterocycles. The van der Waals surface area contributed by atoms with E-state index in [1.807, 2.05) is 40.7 Å². The van der Waals surface area contributed by atoms with E-state index in [1.54, 1.807) is 12.1 Å². The highest BCUT2D eigenvalue weighted by Gasteiger charge is 2.52. The predicted molar refractivity (Wildman–Crippen MR) is 117 cm³/mol. The third kappa shape index (κ3) is 6.06. The summed E-state index contributed by atoms with van der Waals surface area (Å²) in [4.78, 5) is 29.4. The van der Waals surface area contributed by atoms with Gasteiger partial charge in [0.2, 0.25) is 5.91 Å². The smallest absolute Gasteiger partial charge is 0.399 e. The van der Waals surface area contributed by atoms with Crippen molar-refractivity contribution in [3.05, 3.63) is 29.3 Å². The first-order valence-corrected chi connectivity index (χ1v) is 10.4. The van der Waals surface area contributed by atoms with Crippen LogP contribution in [0, 0.1) is 12.3 Å². The van der Waals surface area contributed by atoms with Gasteiger partial charge in [0.1, 0.15) is 0 Å². The molecule has 1 aliphatic heterocycles. The van der Waals surface area contributed by atoms with Crippen LogP contribution < -0.4 is 16.5 Å². The third-order valence-electron chi connectivity index (χ3n) is 5.77. The van der Waals surface area contributed by atoms with E-state index < -0.39 is 24.3 Å². The number of hydrazine groups is 1. The summed E-state index contributed by atoms with van der Waals surface area (Å²) in [5, 5.41) is 0. The molecule has 0 bridgehead atoms. The Balaban J connectivity index is 1.93. The second kappa shape index (κ2) is 9.08. The highest BCUT2D eigenvalue weighted by atomic mass is 16.7. The third-order valence-corrected chi connectivity index (χ3v) is 5.77. The number of hydrogen-bond acceptors (Lipinski definition) is 6. The number of rotatable bonds is 7. The summed E-state index contributed by atoms with van der Waals surface area (Å²) in [5.74, 6) is -0.824. The van der Waals surface area contributed by atoms with Crippen molar-refractivity contribution in [1.29, 1.82) is 0 Å². The Kier molecular flexibility index (Phi) is 7.38. The van der Waals surface area contributed by atoms with Crippen molar-refractivity contribution in [1.82, 2.24) is 11.0 Å². The maximum Gasteiger partial charge on any atom is 0.495 e. The lowest BCUT2D eigenvalue weighted by atomic mass is 9.75. The Hall–Kier alpha value is -1.90. The van der Waals surface area contributed by atoms with E-state index in [4.69, 9.17) is 14.1 Å².